The van der Waals surface area contributed by atoms with Crippen molar-refractivity contribution in [2.24, 2.45) is 0 Å². The second kappa shape index (κ2) is 5.36. The van der Waals surface area contributed by atoms with E-state index in [-0.39, 0.29) is 5.75 Å². The molecule has 102 valence electrons. The molecule has 0 aliphatic carbocycles. The Balaban J connectivity index is 2.38. The third-order valence-corrected chi connectivity index (χ3v) is 2.57. The summed E-state index contributed by atoms with van der Waals surface area (Å²) in [4.78, 5) is 0. The maximum Gasteiger partial charge on any atom is 0.573 e. The lowest BCUT2D eigenvalue weighted by Crippen LogP contribution is -2.22. The lowest BCUT2D eigenvalue weighted by Gasteiger charge is -2.19. The zero-order valence-corrected chi connectivity index (χ0v) is 10.1. The molecule has 1 aromatic heterocycles. The number of rotatable bonds is 4. The molecule has 0 fully saturated rings. The maximum absolute atomic E-state index is 12.4. The van der Waals surface area contributed by atoms with E-state index in [4.69, 9.17) is 4.42 Å². The standard InChI is InChI=1S/C13H12F3NO2/c1-17-12(11-7-4-8-18-11)9-5-2-3-6-10(9)19-13(14,15)16/h2-8,12,17H,1H3. The Morgan fingerprint density at radius 2 is 1.89 bits per heavy atom. The van der Waals surface area contributed by atoms with Gasteiger partial charge in [0.2, 0.25) is 0 Å². The Kier molecular flexibility index (Phi) is 3.80. The van der Waals surface area contributed by atoms with E-state index in [1.807, 2.05) is 0 Å². The summed E-state index contributed by atoms with van der Waals surface area (Å²) in [6.07, 6.45) is -3.26. The van der Waals surface area contributed by atoms with Gasteiger partial charge in [-0.15, -0.1) is 13.2 Å². The van der Waals surface area contributed by atoms with Gasteiger partial charge in [-0.2, -0.15) is 0 Å². The highest BCUT2D eigenvalue weighted by Gasteiger charge is 2.33. The van der Waals surface area contributed by atoms with E-state index in [9.17, 15) is 13.2 Å². The fourth-order valence-electron chi connectivity index (χ4n) is 1.84. The first kappa shape index (κ1) is 13.5. The van der Waals surface area contributed by atoms with Gasteiger partial charge in [0.25, 0.3) is 0 Å². The molecule has 0 spiro atoms. The van der Waals surface area contributed by atoms with Crippen LogP contribution in [0.4, 0.5) is 13.2 Å². The van der Waals surface area contributed by atoms with Gasteiger partial charge >= 0.3 is 6.36 Å². The molecule has 6 heteroatoms. The van der Waals surface area contributed by atoms with Crippen molar-refractivity contribution in [1.82, 2.24) is 5.32 Å². The quantitative estimate of drug-likeness (QED) is 0.924. The number of hydrogen-bond acceptors (Lipinski definition) is 3. The highest BCUT2D eigenvalue weighted by molar-refractivity contribution is 5.39. The minimum Gasteiger partial charge on any atom is -0.467 e. The second-order valence-corrected chi connectivity index (χ2v) is 3.82. The van der Waals surface area contributed by atoms with Crippen molar-refractivity contribution in [3.05, 3.63) is 54.0 Å². The zero-order valence-electron chi connectivity index (χ0n) is 10.1. The van der Waals surface area contributed by atoms with Crippen LogP contribution < -0.4 is 10.1 Å². The summed E-state index contributed by atoms with van der Waals surface area (Å²) in [5, 5.41) is 2.91. The molecule has 1 N–H and O–H groups in total. The van der Waals surface area contributed by atoms with Gasteiger partial charge < -0.3 is 14.5 Å². The molecule has 1 heterocycles. The third kappa shape index (κ3) is 3.29. The molecule has 19 heavy (non-hydrogen) atoms. The monoisotopic (exact) mass is 271 g/mol. The van der Waals surface area contributed by atoms with Gasteiger partial charge in [-0.3, -0.25) is 0 Å². The van der Waals surface area contributed by atoms with E-state index in [2.05, 4.69) is 10.1 Å². The topological polar surface area (TPSA) is 34.4 Å². The number of benzene rings is 1. The second-order valence-electron chi connectivity index (χ2n) is 3.82. The molecule has 2 aromatic rings. The molecule has 2 rings (SSSR count). The minimum atomic E-state index is -4.72. The average molecular weight is 271 g/mol. The highest BCUT2D eigenvalue weighted by atomic mass is 19.4. The van der Waals surface area contributed by atoms with Crippen LogP contribution in [0.15, 0.2) is 47.1 Å². The third-order valence-electron chi connectivity index (χ3n) is 2.57. The summed E-state index contributed by atoms with van der Waals surface area (Å²) in [7, 11) is 1.64. The first-order chi connectivity index (χ1) is 9.01. The first-order valence-corrected chi connectivity index (χ1v) is 5.56. The Hall–Kier alpha value is -1.95. The summed E-state index contributed by atoms with van der Waals surface area (Å²) in [6.45, 7) is 0. The van der Waals surface area contributed by atoms with Crippen molar-refractivity contribution in [2.75, 3.05) is 7.05 Å². The van der Waals surface area contributed by atoms with Crippen LogP contribution in [0.5, 0.6) is 5.75 Å². The molecule has 0 bridgehead atoms. The van der Waals surface area contributed by atoms with Gasteiger partial charge in [-0.05, 0) is 25.2 Å². The number of halogens is 3. The van der Waals surface area contributed by atoms with Crippen LogP contribution in [-0.2, 0) is 0 Å². The zero-order chi connectivity index (χ0) is 13.9. The molecule has 0 saturated carbocycles. The van der Waals surface area contributed by atoms with Crippen LogP contribution in [0.25, 0.3) is 0 Å². The average Bonchev–Trinajstić information content (AvgIpc) is 2.84. The molecular formula is C13H12F3NO2. The van der Waals surface area contributed by atoms with E-state index >= 15 is 0 Å². The predicted molar refractivity (Wildman–Crippen MR) is 62.7 cm³/mol. The fraction of sp³-hybridized carbons (Fsp3) is 0.231. The van der Waals surface area contributed by atoms with Gasteiger partial charge in [0.1, 0.15) is 11.5 Å². The number of hydrogen-bond donors (Lipinski definition) is 1. The first-order valence-electron chi connectivity index (χ1n) is 5.56. The molecule has 0 aliphatic rings. The van der Waals surface area contributed by atoms with Gasteiger partial charge in [-0.25, -0.2) is 0 Å². The van der Waals surface area contributed by atoms with Gasteiger partial charge in [0.05, 0.1) is 12.3 Å². The van der Waals surface area contributed by atoms with Crippen LogP contribution in [0.3, 0.4) is 0 Å². The largest absolute Gasteiger partial charge is 0.573 e. The lowest BCUT2D eigenvalue weighted by atomic mass is 10.0. The molecular weight excluding hydrogens is 259 g/mol. The van der Waals surface area contributed by atoms with Gasteiger partial charge in [0, 0.05) is 5.56 Å². The molecule has 1 aromatic carbocycles. The Labute approximate surface area is 108 Å². The van der Waals surface area contributed by atoms with E-state index in [0.29, 0.717) is 11.3 Å². The SMILES string of the molecule is CNC(c1ccco1)c1ccccc1OC(F)(F)F. The molecule has 0 aliphatic heterocycles. The smallest absolute Gasteiger partial charge is 0.467 e. The van der Waals surface area contributed by atoms with Crippen molar-refractivity contribution < 1.29 is 22.3 Å². The van der Waals surface area contributed by atoms with Gasteiger partial charge in [-0.1, -0.05) is 18.2 Å². The summed E-state index contributed by atoms with van der Waals surface area (Å²) in [5.74, 6) is 0.270. The van der Waals surface area contributed by atoms with Crippen LogP contribution in [0.1, 0.15) is 17.4 Å². The van der Waals surface area contributed by atoms with Crippen LogP contribution in [0.2, 0.25) is 0 Å². The van der Waals surface area contributed by atoms with Crippen molar-refractivity contribution in [1.29, 1.82) is 0 Å². The normalized spacial score (nSPS) is 13.3. The van der Waals surface area contributed by atoms with Crippen LogP contribution in [0, 0.1) is 0 Å². The number of para-hydroxylation sites is 1. The number of alkyl halides is 3. The molecule has 1 unspecified atom stereocenters. The van der Waals surface area contributed by atoms with Crippen molar-refractivity contribution in [2.45, 2.75) is 12.4 Å². The van der Waals surface area contributed by atoms with Crippen molar-refractivity contribution in [3.63, 3.8) is 0 Å². The molecule has 0 radical (unpaired) electrons. The van der Waals surface area contributed by atoms with Crippen molar-refractivity contribution in [3.8, 4) is 5.75 Å². The molecule has 1 atom stereocenters. The Morgan fingerprint density at radius 3 is 2.47 bits per heavy atom. The molecule has 3 nitrogen and oxygen atoms in total. The molecule has 0 amide bonds. The number of nitrogens with one attached hydrogen (secondary N) is 1. The van der Waals surface area contributed by atoms with Crippen molar-refractivity contribution >= 4 is 0 Å². The van der Waals surface area contributed by atoms with E-state index in [0.717, 1.165) is 0 Å². The molecule has 0 saturated heterocycles. The summed E-state index contributed by atoms with van der Waals surface area (Å²) < 4.78 is 46.4. The maximum atomic E-state index is 12.4. The minimum absolute atomic E-state index is 0.245. The number of furan rings is 1. The Morgan fingerprint density at radius 1 is 1.16 bits per heavy atom. The van der Waals surface area contributed by atoms with E-state index in [1.54, 1.807) is 31.3 Å². The van der Waals surface area contributed by atoms with Crippen LogP contribution in [-0.4, -0.2) is 13.4 Å². The summed E-state index contributed by atoms with van der Waals surface area (Å²) in [6, 6.07) is 8.82. The van der Waals surface area contributed by atoms with Gasteiger partial charge in [0.15, 0.2) is 0 Å². The summed E-state index contributed by atoms with van der Waals surface area (Å²) >= 11 is 0. The Bertz CT molecular complexity index is 523. The predicted octanol–water partition coefficient (Wildman–Crippen LogP) is 3.49. The van der Waals surface area contributed by atoms with E-state index < -0.39 is 12.4 Å². The lowest BCUT2D eigenvalue weighted by molar-refractivity contribution is -0.275. The van der Waals surface area contributed by atoms with Crippen LogP contribution >= 0.6 is 0 Å². The highest BCUT2D eigenvalue weighted by Crippen LogP contribution is 2.33. The summed E-state index contributed by atoms with van der Waals surface area (Å²) in [5.41, 5.74) is 0.359. The van der Waals surface area contributed by atoms with E-state index in [1.165, 1.54) is 18.4 Å². The fourth-order valence-corrected chi connectivity index (χ4v) is 1.84. The number of ether oxygens (including phenoxy) is 1.